The van der Waals surface area contributed by atoms with E-state index in [1.54, 1.807) is 12.1 Å². The van der Waals surface area contributed by atoms with Gasteiger partial charge in [-0.25, -0.2) is 4.39 Å². The summed E-state index contributed by atoms with van der Waals surface area (Å²) in [6, 6.07) is 15.0. The number of fused-ring (bicyclic) bond motifs is 1. The molecule has 2 aromatic carbocycles. The van der Waals surface area contributed by atoms with Gasteiger partial charge in [-0.1, -0.05) is 48.6 Å². The first-order valence-electron chi connectivity index (χ1n) is 8.72. The largest absolute Gasteiger partial charge is 0.424 e. The van der Waals surface area contributed by atoms with Crippen molar-refractivity contribution in [3.8, 4) is 0 Å². The average molecular weight is 349 g/mol. The third-order valence-corrected chi connectivity index (χ3v) is 4.69. The summed E-state index contributed by atoms with van der Waals surface area (Å²) >= 11 is 0. The topological polar surface area (TPSA) is 42.2 Å². The Hall–Kier alpha value is -2.79. The van der Waals surface area contributed by atoms with Crippen LogP contribution in [-0.4, -0.2) is 21.6 Å². The van der Waals surface area contributed by atoms with Crippen LogP contribution in [0.3, 0.4) is 0 Å². The van der Waals surface area contributed by atoms with Crippen LogP contribution in [0.2, 0.25) is 0 Å². The summed E-state index contributed by atoms with van der Waals surface area (Å²) in [5, 5.41) is 8.24. The molecule has 1 unspecified atom stereocenters. The lowest BCUT2D eigenvalue weighted by Crippen LogP contribution is -2.34. The van der Waals surface area contributed by atoms with E-state index < -0.39 is 0 Å². The molecule has 4 nitrogen and oxygen atoms in total. The van der Waals surface area contributed by atoms with Gasteiger partial charge in [0, 0.05) is 20.0 Å². The number of halogens is 1. The van der Waals surface area contributed by atoms with Crippen LogP contribution in [0.1, 0.15) is 34.5 Å². The van der Waals surface area contributed by atoms with Crippen LogP contribution < -0.4 is 0 Å². The van der Waals surface area contributed by atoms with Gasteiger partial charge in [-0.3, -0.25) is 4.90 Å². The second-order valence-corrected chi connectivity index (χ2v) is 6.53. The summed E-state index contributed by atoms with van der Waals surface area (Å²) in [5.74, 6) is 1.02. The molecule has 0 amide bonds. The molecule has 5 heteroatoms. The Kier molecular flexibility index (Phi) is 4.63. The van der Waals surface area contributed by atoms with Crippen LogP contribution in [0, 0.1) is 12.7 Å². The Bertz CT molecular complexity index is 917. The predicted molar refractivity (Wildman–Crippen MR) is 97.8 cm³/mol. The molecular weight excluding hydrogens is 329 g/mol. The summed E-state index contributed by atoms with van der Waals surface area (Å²) < 4.78 is 18.7. The van der Waals surface area contributed by atoms with Gasteiger partial charge >= 0.3 is 0 Å². The van der Waals surface area contributed by atoms with E-state index in [9.17, 15) is 4.39 Å². The van der Waals surface area contributed by atoms with Gasteiger partial charge in [0.05, 0.1) is 6.04 Å². The minimum atomic E-state index is -0.221. The van der Waals surface area contributed by atoms with Gasteiger partial charge in [0.1, 0.15) is 5.82 Å². The molecule has 0 fully saturated rings. The molecule has 1 aliphatic rings. The summed E-state index contributed by atoms with van der Waals surface area (Å²) in [6.07, 6.45) is 4.95. The van der Waals surface area contributed by atoms with E-state index in [4.69, 9.17) is 4.42 Å². The third-order valence-electron chi connectivity index (χ3n) is 4.69. The third kappa shape index (κ3) is 3.58. The first kappa shape index (κ1) is 16.7. The van der Waals surface area contributed by atoms with Gasteiger partial charge in [0.2, 0.25) is 11.8 Å². The zero-order chi connectivity index (χ0) is 17.9. The summed E-state index contributed by atoms with van der Waals surface area (Å²) in [4.78, 5) is 2.33. The van der Waals surface area contributed by atoms with Gasteiger partial charge < -0.3 is 4.42 Å². The minimum absolute atomic E-state index is 0.0592. The van der Waals surface area contributed by atoms with Gasteiger partial charge in [-0.15, -0.1) is 10.2 Å². The maximum absolute atomic E-state index is 13.0. The van der Waals surface area contributed by atoms with Crippen LogP contribution >= 0.6 is 0 Å². The van der Waals surface area contributed by atoms with E-state index in [1.807, 2.05) is 13.0 Å². The molecular formula is C21H20FN3O. The fourth-order valence-electron chi connectivity index (χ4n) is 3.36. The number of benzene rings is 2. The molecule has 1 atom stereocenters. The van der Waals surface area contributed by atoms with E-state index >= 15 is 0 Å². The molecule has 3 aromatic rings. The molecule has 0 aliphatic carbocycles. The van der Waals surface area contributed by atoms with Crippen molar-refractivity contribution in [2.24, 2.45) is 0 Å². The summed E-state index contributed by atoms with van der Waals surface area (Å²) in [6.45, 7) is 3.39. The highest BCUT2D eigenvalue weighted by atomic mass is 19.1. The normalized spacial score (nSPS) is 17.5. The molecule has 1 aliphatic heterocycles. The Morgan fingerprint density at radius 3 is 2.62 bits per heavy atom. The van der Waals surface area contributed by atoms with Crippen LogP contribution in [0.15, 0.2) is 59.0 Å². The van der Waals surface area contributed by atoms with Crippen molar-refractivity contribution in [2.45, 2.75) is 25.9 Å². The van der Waals surface area contributed by atoms with Crippen molar-refractivity contribution in [3.05, 3.63) is 88.9 Å². The molecule has 132 valence electrons. The van der Waals surface area contributed by atoms with Crippen molar-refractivity contribution in [3.63, 3.8) is 0 Å². The van der Waals surface area contributed by atoms with Gasteiger partial charge in [0.15, 0.2) is 0 Å². The van der Waals surface area contributed by atoms with Crippen molar-refractivity contribution in [1.29, 1.82) is 0 Å². The number of hydrogen-bond acceptors (Lipinski definition) is 4. The van der Waals surface area contributed by atoms with Crippen LogP contribution in [0.4, 0.5) is 4.39 Å². The second-order valence-electron chi connectivity index (χ2n) is 6.53. The van der Waals surface area contributed by atoms with Crippen molar-refractivity contribution < 1.29 is 8.81 Å². The fourth-order valence-corrected chi connectivity index (χ4v) is 3.36. The van der Waals surface area contributed by atoms with Gasteiger partial charge in [-0.05, 0) is 35.2 Å². The molecule has 0 spiro atoms. The molecule has 0 saturated heterocycles. The van der Waals surface area contributed by atoms with E-state index in [1.165, 1.54) is 23.3 Å². The average Bonchev–Trinajstić information content (AvgIpc) is 3.09. The quantitative estimate of drug-likeness (QED) is 0.703. The lowest BCUT2D eigenvalue weighted by Gasteiger charge is -2.34. The lowest BCUT2D eigenvalue weighted by molar-refractivity contribution is 0.163. The van der Waals surface area contributed by atoms with E-state index in [0.29, 0.717) is 11.8 Å². The number of nitrogens with zero attached hydrogens (tertiary/aromatic N) is 3. The standard InChI is InChI=1S/C21H20FN3O/c1-15-23-24-21(26-15)20-13-17-6-2-3-7-18(17)14-25(20)12-4-5-16-8-10-19(22)11-9-16/h2-11,20H,12-14H2,1H3. The highest BCUT2D eigenvalue weighted by Crippen LogP contribution is 2.32. The predicted octanol–water partition coefficient (Wildman–Crippen LogP) is 4.33. The minimum Gasteiger partial charge on any atom is -0.424 e. The SMILES string of the molecule is Cc1nnc(C2Cc3ccccc3CN2CC=Cc2ccc(F)cc2)o1. The highest BCUT2D eigenvalue weighted by molar-refractivity contribution is 5.49. The first-order valence-corrected chi connectivity index (χ1v) is 8.72. The van der Waals surface area contributed by atoms with Crippen LogP contribution in [-0.2, 0) is 13.0 Å². The number of aryl methyl sites for hydroxylation is 1. The Morgan fingerprint density at radius 2 is 1.88 bits per heavy atom. The maximum Gasteiger partial charge on any atom is 0.233 e. The molecule has 1 aromatic heterocycles. The first-order chi connectivity index (χ1) is 12.7. The molecule has 2 heterocycles. The Balaban J connectivity index is 1.56. The van der Waals surface area contributed by atoms with E-state index in [-0.39, 0.29) is 11.9 Å². The number of rotatable bonds is 4. The zero-order valence-electron chi connectivity index (χ0n) is 14.6. The molecule has 0 radical (unpaired) electrons. The molecule has 0 N–H and O–H groups in total. The second kappa shape index (κ2) is 7.22. The Morgan fingerprint density at radius 1 is 1.12 bits per heavy atom. The van der Waals surface area contributed by atoms with E-state index in [2.05, 4.69) is 45.4 Å². The molecule has 0 bridgehead atoms. The van der Waals surface area contributed by atoms with Crippen molar-refractivity contribution in [1.82, 2.24) is 15.1 Å². The van der Waals surface area contributed by atoms with Gasteiger partial charge in [0.25, 0.3) is 0 Å². The number of aromatic nitrogens is 2. The highest BCUT2D eigenvalue weighted by Gasteiger charge is 2.30. The van der Waals surface area contributed by atoms with E-state index in [0.717, 1.165) is 25.1 Å². The van der Waals surface area contributed by atoms with Crippen LogP contribution in [0.5, 0.6) is 0 Å². The summed E-state index contributed by atoms with van der Waals surface area (Å²) in [5.41, 5.74) is 3.64. The lowest BCUT2D eigenvalue weighted by atomic mass is 9.94. The Labute approximate surface area is 152 Å². The maximum atomic E-state index is 13.0. The zero-order valence-corrected chi connectivity index (χ0v) is 14.6. The van der Waals surface area contributed by atoms with Crippen molar-refractivity contribution >= 4 is 6.08 Å². The number of hydrogen-bond donors (Lipinski definition) is 0. The molecule has 4 rings (SSSR count). The van der Waals surface area contributed by atoms with Gasteiger partial charge in [-0.2, -0.15) is 0 Å². The molecule has 26 heavy (non-hydrogen) atoms. The smallest absolute Gasteiger partial charge is 0.233 e. The summed E-state index contributed by atoms with van der Waals surface area (Å²) in [7, 11) is 0. The van der Waals surface area contributed by atoms with Crippen molar-refractivity contribution in [2.75, 3.05) is 6.54 Å². The molecule has 0 saturated carbocycles. The fraction of sp³-hybridized carbons (Fsp3) is 0.238. The monoisotopic (exact) mass is 349 g/mol. The van der Waals surface area contributed by atoms with Crippen LogP contribution in [0.25, 0.3) is 6.08 Å².